The zero-order valence-corrected chi connectivity index (χ0v) is 14.1. The van der Waals surface area contributed by atoms with E-state index in [1.165, 1.54) is 18.2 Å². The lowest BCUT2D eigenvalue weighted by Crippen LogP contribution is -2.48. The molecule has 1 heterocycles. The van der Waals surface area contributed by atoms with Crippen LogP contribution in [0.3, 0.4) is 0 Å². The molecule has 2 atom stereocenters. The van der Waals surface area contributed by atoms with Crippen molar-refractivity contribution in [2.75, 3.05) is 33.9 Å². The number of carbonyl (C=O) groups excluding carboxylic acids is 1. The van der Waals surface area contributed by atoms with E-state index in [0.29, 0.717) is 13.2 Å². The number of nitrogens with two attached hydrogens (primary N) is 1. The molecule has 134 valence electrons. The van der Waals surface area contributed by atoms with Gasteiger partial charge in [-0.25, -0.2) is 8.78 Å². The number of benzene rings is 1. The monoisotopic (exact) mass is 341 g/mol. The molecule has 1 amide bonds. The van der Waals surface area contributed by atoms with Crippen molar-refractivity contribution in [3.8, 4) is 0 Å². The molecule has 2 rings (SSSR count). The van der Waals surface area contributed by atoms with Gasteiger partial charge in [0.25, 0.3) is 0 Å². The van der Waals surface area contributed by atoms with Crippen LogP contribution in [0.15, 0.2) is 18.2 Å². The van der Waals surface area contributed by atoms with E-state index in [1.807, 2.05) is 0 Å². The second kappa shape index (κ2) is 8.50. The molecule has 0 radical (unpaired) electrons. The largest absolute Gasteiger partial charge is 0.381 e. The predicted molar refractivity (Wildman–Crippen MR) is 87.3 cm³/mol. The first-order valence-electron chi connectivity index (χ1n) is 8.13. The third-order valence-electron chi connectivity index (χ3n) is 4.50. The molecule has 24 heavy (non-hydrogen) atoms. The van der Waals surface area contributed by atoms with Gasteiger partial charge in [-0.2, -0.15) is 0 Å². The van der Waals surface area contributed by atoms with Gasteiger partial charge in [0, 0.05) is 25.3 Å². The maximum absolute atomic E-state index is 14.0. The number of hydrogen-bond donors (Lipinski definition) is 2. The molecule has 3 N–H and O–H groups in total. The number of halogens is 2. The van der Waals surface area contributed by atoms with Crippen LogP contribution in [0, 0.1) is 17.6 Å². The van der Waals surface area contributed by atoms with Crippen molar-refractivity contribution in [1.29, 1.82) is 0 Å². The smallest absolute Gasteiger partial charge is 0.237 e. The molecule has 1 saturated heterocycles. The molecule has 1 aliphatic rings. The quantitative estimate of drug-likeness (QED) is 0.822. The number of ether oxygens (including phenoxy) is 1. The average molecular weight is 341 g/mol. The number of amides is 1. The Morgan fingerprint density at radius 3 is 2.46 bits per heavy atom. The molecule has 0 saturated carbocycles. The van der Waals surface area contributed by atoms with Crippen LogP contribution < -0.4 is 11.1 Å². The Morgan fingerprint density at radius 2 is 1.92 bits per heavy atom. The van der Waals surface area contributed by atoms with Gasteiger partial charge in [-0.05, 0) is 45.0 Å². The van der Waals surface area contributed by atoms with Gasteiger partial charge >= 0.3 is 0 Å². The normalized spacial score (nSPS) is 18.4. The highest BCUT2D eigenvalue weighted by atomic mass is 19.1. The number of rotatable bonds is 6. The van der Waals surface area contributed by atoms with E-state index in [2.05, 4.69) is 5.32 Å². The van der Waals surface area contributed by atoms with E-state index in [0.717, 1.165) is 12.8 Å². The van der Waals surface area contributed by atoms with Gasteiger partial charge in [-0.1, -0.05) is 6.07 Å². The summed E-state index contributed by atoms with van der Waals surface area (Å²) in [6.45, 7) is 1.29. The van der Waals surface area contributed by atoms with Crippen molar-refractivity contribution in [3.05, 3.63) is 35.4 Å². The molecule has 1 aliphatic heterocycles. The fourth-order valence-corrected chi connectivity index (χ4v) is 2.98. The van der Waals surface area contributed by atoms with Crippen LogP contribution in [0.4, 0.5) is 8.78 Å². The maximum atomic E-state index is 14.0. The van der Waals surface area contributed by atoms with Crippen molar-refractivity contribution in [2.45, 2.75) is 24.9 Å². The summed E-state index contributed by atoms with van der Waals surface area (Å²) in [4.78, 5) is 14.0. The van der Waals surface area contributed by atoms with E-state index in [9.17, 15) is 13.6 Å². The zero-order valence-electron chi connectivity index (χ0n) is 14.1. The van der Waals surface area contributed by atoms with Crippen LogP contribution in [-0.4, -0.2) is 50.7 Å². The van der Waals surface area contributed by atoms with Gasteiger partial charge in [0.2, 0.25) is 5.91 Å². The Labute approximate surface area is 141 Å². The highest BCUT2D eigenvalue weighted by Gasteiger charge is 2.28. The van der Waals surface area contributed by atoms with Gasteiger partial charge < -0.3 is 20.7 Å². The molecular formula is C17H25F2N3O2. The van der Waals surface area contributed by atoms with Crippen LogP contribution in [0.25, 0.3) is 0 Å². The number of nitrogens with zero attached hydrogens (tertiary/aromatic N) is 1. The SMILES string of the molecule is CN(C)C(CNC(=O)C(N)C1CCOCC1)c1c(F)cccc1F. The van der Waals surface area contributed by atoms with Crippen molar-refractivity contribution in [3.63, 3.8) is 0 Å². The standard InChI is InChI=1S/C17H25F2N3O2/c1-22(2)14(15-12(18)4-3-5-13(15)19)10-21-17(23)16(20)11-6-8-24-9-7-11/h3-5,11,14,16H,6-10,20H2,1-2H3,(H,21,23). The summed E-state index contributed by atoms with van der Waals surface area (Å²) in [5.74, 6) is -1.49. The molecule has 0 aliphatic carbocycles. The fourth-order valence-electron chi connectivity index (χ4n) is 2.98. The molecule has 1 fully saturated rings. The Hall–Kier alpha value is -1.57. The molecular weight excluding hydrogens is 316 g/mol. The Kier molecular flexibility index (Phi) is 6.65. The fraction of sp³-hybridized carbons (Fsp3) is 0.588. The molecule has 2 unspecified atom stereocenters. The average Bonchev–Trinajstić information content (AvgIpc) is 2.57. The minimum atomic E-state index is -0.637. The lowest BCUT2D eigenvalue weighted by atomic mass is 9.92. The van der Waals surface area contributed by atoms with Gasteiger partial charge in [0.1, 0.15) is 11.6 Å². The Balaban J connectivity index is 2.02. The molecule has 7 heteroatoms. The summed E-state index contributed by atoms with van der Waals surface area (Å²) in [7, 11) is 3.42. The second-order valence-electron chi connectivity index (χ2n) is 6.34. The highest BCUT2D eigenvalue weighted by molar-refractivity contribution is 5.81. The first-order valence-corrected chi connectivity index (χ1v) is 8.13. The first-order chi connectivity index (χ1) is 11.4. The summed E-state index contributed by atoms with van der Waals surface area (Å²) in [5.41, 5.74) is 5.97. The molecule has 0 spiro atoms. The van der Waals surface area contributed by atoms with E-state index >= 15 is 0 Å². The summed E-state index contributed by atoms with van der Waals surface area (Å²) < 4.78 is 33.3. The molecule has 0 bridgehead atoms. The number of nitrogens with one attached hydrogen (secondary N) is 1. The van der Waals surface area contributed by atoms with Crippen LogP contribution in [0.5, 0.6) is 0 Å². The topological polar surface area (TPSA) is 67.6 Å². The van der Waals surface area contributed by atoms with Gasteiger partial charge in [0.05, 0.1) is 12.1 Å². The van der Waals surface area contributed by atoms with E-state index in [1.54, 1.807) is 19.0 Å². The minimum absolute atomic E-state index is 0.0533. The molecule has 0 aromatic heterocycles. The van der Waals surface area contributed by atoms with Gasteiger partial charge in [-0.3, -0.25) is 4.79 Å². The summed E-state index contributed by atoms with van der Waals surface area (Å²) in [6.07, 6.45) is 1.49. The van der Waals surface area contributed by atoms with E-state index < -0.39 is 23.7 Å². The third-order valence-corrected chi connectivity index (χ3v) is 4.50. The second-order valence-corrected chi connectivity index (χ2v) is 6.34. The van der Waals surface area contributed by atoms with Crippen molar-refractivity contribution in [2.24, 2.45) is 11.7 Å². The number of carbonyl (C=O) groups is 1. The van der Waals surface area contributed by atoms with Gasteiger partial charge in [0.15, 0.2) is 0 Å². The molecule has 1 aromatic rings. The number of hydrogen-bond acceptors (Lipinski definition) is 4. The van der Waals surface area contributed by atoms with Crippen LogP contribution >= 0.6 is 0 Å². The lowest BCUT2D eigenvalue weighted by Gasteiger charge is -2.29. The lowest BCUT2D eigenvalue weighted by molar-refractivity contribution is -0.124. The van der Waals surface area contributed by atoms with E-state index in [-0.39, 0.29) is 23.9 Å². The Bertz CT molecular complexity index is 543. The summed E-state index contributed by atoms with van der Waals surface area (Å²) >= 11 is 0. The summed E-state index contributed by atoms with van der Waals surface area (Å²) in [6, 6.07) is 2.49. The van der Waals surface area contributed by atoms with Gasteiger partial charge in [-0.15, -0.1) is 0 Å². The molecule has 5 nitrogen and oxygen atoms in total. The third kappa shape index (κ3) is 4.49. The Morgan fingerprint density at radius 1 is 1.33 bits per heavy atom. The minimum Gasteiger partial charge on any atom is -0.381 e. The molecule has 1 aromatic carbocycles. The van der Waals surface area contributed by atoms with Crippen LogP contribution in [0.2, 0.25) is 0 Å². The first kappa shape index (κ1) is 18.8. The number of likely N-dealkylation sites (N-methyl/N-ethyl adjacent to an activating group) is 1. The van der Waals surface area contributed by atoms with Crippen molar-refractivity contribution >= 4 is 5.91 Å². The van der Waals surface area contributed by atoms with Crippen molar-refractivity contribution in [1.82, 2.24) is 10.2 Å². The van der Waals surface area contributed by atoms with Crippen LogP contribution in [-0.2, 0) is 9.53 Å². The summed E-state index contributed by atoms with van der Waals surface area (Å²) in [5, 5.41) is 2.73. The maximum Gasteiger partial charge on any atom is 0.237 e. The highest BCUT2D eigenvalue weighted by Crippen LogP contribution is 2.24. The zero-order chi connectivity index (χ0) is 17.7. The predicted octanol–water partition coefficient (Wildman–Crippen LogP) is 1.44. The van der Waals surface area contributed by atoms with Crippen LogP contribution in [0.1, 0.15) is 24.4 Å². The van der Waals surface area contributed by atoms with E-state index in [4.69, 9.17) is 10.5 Å². The van der Waals surface area contributed by atoms with Crippen molar-refractivity contribution < 1.29 is 18.3 Å².